The van der Waals surface area contributed by atoms with E-state index in [1.165, 1.54) is 0 Å². The summed E-state index contributed by atoms with van der Waals surface area (Å²) in [7, 11) is 0. The second kappa shape index (κ2) is 6.87. The minimum atomic E-state index is -0.741. The zero-order valence-corrected chi connectivity index (χ0v) is 14.7. The number of ether oxygens (including phenoxy) is 1. The van der Waals surface area contributed by atoms with E-state index in [1.807, 2.05) is 32.9 Å². The lowest BCUT2D eigenvalue weighted by Crippen LogP contribution is -2.29. The van der Waals surface area contributed by atoms with Crippen LogP contribution in [-0.2, 0) is 4.79 Å². The Labute approximate surface area is 149 Å². The maximum atomic E-state index is 12.2. The van der Waals surface area contributed by atoms with Gasteiger partial charge in [0, 0.05) is 5.69 Å². The average molecular weight is 353 g/mol. The Hall–Kier alpha value is -3.35. The van der Waals surface area contributed by atoms with Crippen LogP contribution in [-0.4, -0.2) is 22.5 Å². The maximum Gasteiger partial charge on any atom is 0.314 e. The van der Waals surface area contributed by atoms with Gasteiger partial charge >= 0.3 is 11.1 Å². The molecule has 0 aliphatic heterocycles. The number of hydrogen-bond acceptors (Lipinski definition) is 4. The summed E-state index contributed by atoms with van der Waals surface area (Å²) in [5.74, 6) is 0.377. The molecule has 0 unspecified atom stereocenters. The van der Waals surface area contributed by atoms with Crippen LogP contribution in [0.5, 0.6) is 5.75 Å². The van der Waals surface area contributed by atoms with E-state index >= 15 is 0 Å². The van der Waals surface area contributed by atoms with Crippen molar-refractivity contribution in [1.29, 1.82) is 0 Å². The number of carbonyl (C=O) groups excluding carboxylic acids is 1. The molecular weight excluding hydrogens is 334 g/mol. The van der Waals surface area contributed by atoms with Crippen molar-refractivity contribution in [2.24, 2.45) is 0 Å². The van der Waals surface area contributed by atoms with Gasteiger partial charge in [-0.3, -0.25) is 14.4 Å². The minimum absolute atomic E-state index is 0.134. The predicted octanol–water partition coefficient (Wildman–Crippen LogP) is 2.16. The summed E-state index contributed by atoms with van der Waals surface area (Å²) in [5, 5.41) is 2.71. The fourth-order valence-electron chi connectivity index (χ4n) is 2.92. The molecule has 0 aliphatic rings. The monoisotopic (exact) mass is 353 g/mol. The SMILES string of the molecule is Cc1cc(C)c(OCC(=O)Nc2ccc3[nH]c(=O)c(=O)[nH]c3c2)c(C)c1. The number of anilines is 1. The Balaban J connectivity index is 1.72. The Bertz CT molecular complexity index is 1090. The molecule has 1 amide bonds. The van der Waals surface area contributed by atoms with E-state index in [9.17, 15) is 14.4 Å². The van der Waals surface area contributed by atoms with E-state index in [1.54, 1.807) is 18.2 Å². The van der Waals surface area contributed by atoms with Crippen molar-refractivity contribution < 1.29 is 9.53 Å². The first-order valence-electron chi connectivity index (χ1n) is 8.10. The first-order valence-corrected chi connectivity index (χ1v) is 8.10. The largest absolute Gasteiger partial charge is 0.483 e. The highest BCUT2D eigenvalue weighted by atomic mass is 16.5. The number of H-pyrrole nitrogens is 2. The molecule has 0 atom stereocenters. The highest BCUT2D eigenvalue weighted by Gasteiger charge is 2.09. The summed E-state index contributed by atoms with van der Waals surface area (Å²) < 4.78 is 5.66. The van der Waals surface area contributed by atoms with Crippen LogP contribution < -0.4 is 21.2 Å². The van der Waals surface area contributed by atoms with E-state index in [4.69, 9.17) is 4.74 Å². The second-order valence-corrected chi connectivity index (χ2v) is 6.23. The summed E-state index contributed by atoms with van der Waals surface area (Å²) in [6.07, 6.45) is 0. The van der Waals surface area contributed by atoms with E-state index in [2.05, 4.69) is 15.3 Å². The van der Waals surface area contributed by atoms with Gasteiger partial charge in [-0.2, -0.15) is 0 Å². The van der Waals surface area contributed by atoms with Crippen molar-refractivity contribution in [2.75, 3.05) is 11.9 Å². The Morgan fingerprint density at radius 1 is 0.962 bits per heavy atom. The van der Waals surface area contributed by atoms with E-state index in [0.29, 0.717) is 22.5 Å². The molecule has 26 heavy (non-hydrogen) atoms. The third-order valence-electron chi connectivity index (χ3n) is 3.96. The quantitative estimate of drug-likeness (QED) is 0.625. The third kappa shape index (κ3) is 3.66. The topological polar surface area (TPSA) is 104 Å². The summed E-state index contributed by atoms with van der Waals surface area (Å²) >= 11 is 0. The number of rotatable bonds is 4. The highest BCUT2D eigenvalue weighted by molar-refractivity contribution is 5.93. The molecule has 0 spiro atoms. The van der Waals surface area contributed by atoms with Gasteiger partial charge in [0.15, 0.2) is 6.61 Å². The molecule has 2 aromatic carbocycles. The molecule has 0 saturated carbocycles. The smallest absolute Gasteiger partial charge is 0.314 e. The lowest BCUT2D eigenvalue weighted by atomic mass is 10.1. The second-order valence-electron chi connectivity index (χ2n) is 6.23. The van der Waals surface area contributed by atoms with Gasteiger partial charge in [0.1, 0.15) is 5.75 Å². The van der Waals surface area contributed by atoms with Crippen molar-refractivity contribution in [3.63, 3.8) is 0 Å². The molecule has 0 bridgehead atoms. The maximum absolute atomic E-state index is 12.2. The normalized spacial score (nSPS) is 10.7. The van der Waals surface area contributed by atoms with Gasteiger partial charge in [0.25, 0.3) is 5.91 Å². The Kier molecular flexibility index (Phi) is 4.62. The number of fused-ring (bicyclic) bond motifs is 1. The number of aromatic nitrogens is 2. The third-order valence-corrected chi connectivity index (χ3v) is 3.96. The van der Waals surface area contributed by atoms with Crippen LogP contribution in [0.2, 0.25) is 0 Å². The van der Waals surface area contributed by atoms with Crippen molar-refractivity contribution in [3.8, 4) is 5.75 Å². The van der Waals surface area contributed by atoms with Gasteiger partial charge in [0.05, 0.1) is 11.0 Å². The molecule has 3 rings (SSSR count). The molecule has 7 nitrogen and oxygen atoms in total. The van der Waals surface area contributed by atoms with Crippen LogP contribution in [0.4, 0.5) is 5.69 Å². The standard InChI is InChI=1S/C19H19N3O4/c1-10-6-11(2)17(12(3)7-10)26-9-16(23)20-13-4-5-14-15(8-13)22-19(25)18(24)21-14/h4-8H,9H2,1-3H3,(H,20,23)(H,21,24)(H,22,25). The van der Waals surface area contributed by atoms with Crippen LogP contribution >= 0.6 is 0 Å². The predicted molar refractivity (Wildman–Crippen MR) is 100.0 cm³/mol. The summed E-state index contributed by atoms with van der Waals surface area (Å²) in [6, 6.07) is 8.82. The molecule has 7 heteroatoms. The summed E-state index contributed by atoms with van der Waals surface area (Å²) in [6.45, 7) is 5.75. The van der Waals surface area contributed by atoms with Crippen LogP contribution in [0.1, 0.15) is 16.7 Å². The van der Waals surface area contributed by atoms with Crippen LogP contribution in [0.15, 0.2) is 39.9 Å². The van der Waals surface area contributed by atoms with Gasteiger partial charge in [-0.1, -0.05) is 17.7 Å². The molecule has 3 aromatic rings. The van der Waals surface area contributed by atoms with E-state index in [0.717, 1.165) is 16.7 Å². The lowest BCUT2D eigenvalue weighted by Gasteiger charge is -2.13. The van der Waals surface area contributed by atoms with E-state index in [-0.39, 0.29) is 12.5 Å². The zero-order valence-electron chi connectivity index (χ0n) is 14.7. The Morgan fingerprint density at radius 3 is 2.23 bits per heavy atom. The molecule has 0 radical (unpaired) electrons. The number of aromatic amines is 2. The average Bonchev–Trinajstić information content (AvgIpc) is 2.55. The minimum Gasteiger partial charge on any atom is -0.483 e. The van der Waals surface area contributed by atoms with Crippen molar-refractivity contribution in [2.45, 2.75) is 20.8 Å². The van der Waals surface area contributed by atoms with Crippen LogP contribution in [0.25, 0.3) is 11.0 Å². The summed E-state index contributed by atoms with van der Waals surface area (Å²) in [5.41, 5.74) is 3.03. The first-order chi connectivity index (χ1) is 12.3. The fourth-order valence-corrected chi connectivity index (χ4v) is 2.92. The number of aryl methyl sites for hydroxylation is 3. The van der Waals surface area contributed by atoms with Crippen molar-refractivity contribution >= 4 is 22.6 Å². The number of carbonyl (C=O) groups is 1. The lowest BCUT2D eigenvalue weighted by molar-refractivity contribution is -0.118. The zero-order chi connectivity index (χ0) is 18.8. The molecule has 134 valence electrons. The molecule has 1 aromatic heterocycles. The first kappa shape index (κ1) is 17.5. The van der Waals surface area contributed by atoms with Crippen LogP contribution in [0, 0.1) is 20.8 Å². The van der Waals surface area contributed by atoms with Gasteiger partial charge in [-0.15, -0.1) is 0 Å². The Morgan fingerprint density at radius 2 is 1.58 bits per heavy atom. The number of amides is 1. The fraction of sp³-hybridized carbons (Fsp3) is 0.211. The molecule has 1 heterocycles. The molecule has 0 saturated heterocycles. The van der Waals surface area contributed by atoms with E-state index < -0.39 is 11.1 Å². The molecular formula is C19H19N3O4. The van der Waals surface area contributed by atoms with Gasteiger partial charge < -0.3 is 20.0 Å². The van der Waals surface area contributed by atoms with Crippen molar-refractivity contribution in [3.05, 3.63) is 67.7 Å². The molecule has 0 aliphatic carbocycles. The van der Waals surface area contributed by atoms with Crippen molar-refractivity contribution in [1.82, 2.24) is 9.97 Å². The number of hydrogen-bond donors (Lipinski definition) is 3. The highest BCUT2D eigenvalue weighted by Crippen LogP contribution is 2.24. The van der Waals surface area contributed by atoms with Crippen LogP contribution in [0.3, 0.4) is 0 Å². The molecule has 0 fully saturated rings. The van der Waals surface area contributed by atoms with Gasteiger partial charge in [0.2, 0.25) is 0 Å². The number of benzene rings is 2. The summed E-state index contributed by atoms with van der Waals surface area (Å²) in [4.78, 5) is 39.8. The van der Waals surface area contributed by atoms with Gasteiger partial charge in [-0.05, 0) is 50.1 Å². The van der Waals surface area contributed by atoms with Gasteiger partial charge in [-0.25, -0.2) is 0 Å². The number of nitrogens with one attached hydrogen (secondary N) is 3. The molecule has 3 N–H and O–H groups in total.